The van der Waals surface area contributed by atoms with Crippen molar-refractivity contribution >= 4 is 13.7 Å². The molecular formula is C46H91N2O6P. The molecule has 0 saturated carbocycles. The molecule has 0 aromatic carbocycles. The number of aliphatic hydroxyl groups excluding tert-OH is 1. The Morgan fingerprint density at radius 2 is 1.02 bits per heavy atom. The van der Waals surface area contributed by atoms with Gasteiger partial charge in [-0.2, -0.15) is 0 Å². The lowest BCUT2D eigenvalue weighted by Gasteiger charge is -2.29. The summed E-state index contributed by atoms with van der Waals surface area (Å²) in [7, 11) is 1.25. The van der Waals surface area contributed by atoms with E-state index in [0.717, 1.165) is 38.5 Å². The quantitative estimate of drug-likeness (QED) is 0.0276. The number of amides is 1. The molecule has 2 N–H and O–H groups in total. The molecule has 326 valence electrons. The lowest BCUT2D eigenvalue weighted by molar-refractivity contribution is -0.870. The fraction of sp³-hybridized carbons (Fsp3) is 0.891. The number of hydrogen-bond acceptors (Lipinski definition) is 6. The van der Waals surface area contributed by atoms with Crippen LogP contribution >= 0.6 is 7.82 Å². The van der Waals surface area contributed by atoms with Crippen molar-refractivity contribution in [2.75, 3.05) is 40.9 Å². The molecule has 0 heterocycles. The van der Waals surface area contributed by atoms with E-state index in [1.165, 1.54) is 154 Å². The van der Waals surface area contributed by atoms with Gasteiger partial charge in [0.1, 0.15) is 13.2 Å². The van der Waals surface area contributed by atoms with Gasteiger partial charge in [0.15, 0.2) is 0 Å². The first kappa shape index (κ1) is 54.0. The zero-order chi connectivity index (χ0) is 40.7. The predicted octanol–water partition coefficient (Wildman–Crippen LogP) is 12.3. The van der Waals surface area contributed by atoms with Gasteiger partial charge in [0.05, 0.1) is 39.9 Å². The van der Waals surface area contributed by atoms with Gasteiger partial charge in [-0.15, -0.1) is 0 Å². The van der Waals surface area contributed by atoms with Crippen LogP contribution in [0.15, 0.2) is 24.3 Å². The molecule has 0 fully saturated rings. The first-order valence-electron chi connectivity index (χ1n) is 23.2. The molecule has 1 unspecified atom stereocenters. The number of likely N-dealkylation sites (N-methyl/N-ethyl adjacent to an activating group) is 1. The number of rotatable bonds is 42. The Morgan fingerprint density at radius 1 is 0.618 bits per heavy atom. The van der Waals surface area contributed by atoms with E-state index in [4.69, 9.17) is 9.05 Å². The Kier molecular flexibility index (Phi) is 37.8. The van der Waals surface area contributed by atoms with Crippen LogP contribution in [-0.2, 0) is 18.4 Å². The molecule has 0 radical (unpaired) electrons. The Morgan fingerprint density at radius 3 is 1.47 bits per heavy atom. The molecule has 55 heavy (non-hydrogen) atoms. The minimum atomic E-state index is -4.59. The average molecular weight is 799 g/mol. The largest absolute Gasteiger partial charge is 0.756 e. The van der Waals surface area contributed by atoms with Crippen molar-refractivity contribution < 1.29 is 32.9 Å². The normalized spacial score (nSPS) is 14.5. The minimum Gasteiger partial charge on any atom is -0.756 e. The standard InChI is InChI=1S/C46H91N2O6P/c1-6-8-10-12-14-16-18-20-22-23-24-26-28-30-32-34-36-38-40-46(50)47-44(43-54-55(51,52)53-42-41-48(3,4)5)45(49)39-37-35-33-31-29-27-25-21-19-17-15-13-11-9-7-2/h29,31,37,39,44-45,49H,6-28,30,32-36,38,40-43H2,1-5H3,(H-,47,50,51,52)/b31-29+,39-37+/t44-,45+/m0/s1. The summed E-state index contributed by atoms with van der Waals surface area (Å²) in [5.74, 6) is -0.205. The van der Waals surface area contributed by atoms with Crippen molar-refractivity contribution in [3.05, 3.63) is 24.3 Å². The van der Waals surface area contributed by atoms with Gasteiger partial charge < -0.3 is 28.8 Å². The third-order valence-corrected chi connectivity index (χ3v) is 11.4. The van der Waals surface area contributed by atoms with Crippen molar-refractivity contribution in [2.45, 2.75) is 225 Å². The van der Waals surface area contributed by atoms with Crippen molar-refractivity contribution in [1.29, 1.82) is 0 Å². The number of carbonyl (C=O) groups is 1. The highest BCUT2D eigenvalue weighted by atomic mass is 31.2. The van der Waals surface area contributed by atoms with Gasteiger partial charge in [-0.25, -0.2) is 0 Å². The Balaban J connectivity index is 4.40. The fourth-order valence-electron chi connectivity index (χ4n) is 6.70. The molecular weight excluding hydrogens is 707 g/mol. The summed E-state index contributed by atoms with van der Waals surface area (Å²) >= 11 is 0. The molecule has 9 heteroatoms. The van der Waals surface area contributed by atoms with Gasteiger partial charge in [-0.1, -0.05) is 199 Å². The third-order valence-electron chi connectivity index (χ3n) is 10.4. The fourth-order valence-corrected chi connectivity index (χ4v) is 7.42. The van der Waals surface area contributed by atoms with Crippen LogP contribution < -0.4 is 10.2 Å². The smallest absolute Gasteiger partial charge is 0.268 e. The van der Waals surface area contributed by atoms with E-state index in [-0.39, 0.29) is 19.1 Å². The number of quaternary nitrogens is 1. The number of carbonyl (C=O) groups excluding carboxylic acids is 1. The van der Waals surface area contributed by atoms with E-state index in [9.17, 15) is 19.4 Å². The van der Waals surface area contributed by atoms with Gasteiger partial charge >= 0.3 is 0 Å². The lowest BCUT2D eigenvalue weighted by Crippen LogP contribution is -2.45. The third kappa shape index (κ3) is 41.0. The van der Waals surface area contributed by atoms with Gasteiger partial charge in [0.2, 0.25) is 5.91 Å². The maximum atomic E-state index is 12.9. The van der Waals surface area contributed by atoms with Crippen molar-refractivity contribution in [1.82, 2.24) is 5.32 Å². The maximum absolute atomic E-state index is 12.9. The second kappa shape index (κ2) is 38.5. The number of phosphoric ester groups is 1. The number of nitrogens with zero attached hydrogens (tertiary/aromatic N) is 1. The van der Waals surface area contributed by atoms with E-state index < -0.39 is 20.0 Å². The Labute approximate surface area is 341 Å². The van der Waals surface area contributed by atoms with Gasteiger partial charge in [0.25, 0.3) is 7.82 Å². The number of allylic oxidation sites excluding steroid dienone is 3. The summed E-state index contributed by atoms with van der Waals surface area (Å²) in [5.41, 5.74) is 0. The summed E-state index contributed by atoms with van der Waals surface area (Å²) in [6.45, 7) is 4.63. The highest BCUT2D eigenvalue weighted by molar-refractivity contribution is 7.45. The molecule has 1 amide bonds. The van der Waals surface area contributed by atoms with E-state index >= 15 is 0 Å². The molecule has 0 aromatic rings. The number of hydrogen-bond donors (Lipinski definition) is 2. The number of nitrogens with one attached hydrogen (secondary N) is 1. The highest BCUT2D eigenvalue weighted by Crippen LogP contribution is 2.38. The van der Waals surface area contributed by atoms with Crippen LogP contribution in [0.25, 0.3) is 0 Å². The van der Waals surface area contributed by atoms with Crippen LogP contribution in [-0.4, -0.2) is 68.5 Å². The van der Waals surface area contributed by atoms with Crippen LogP contribution in [0, 0.1) is 0 Å². The first-order valence-corrected chi connectivity index (χ1v) is 24.7. The zero-order valence-electron chi connectivity index (χ0n) is 36.9. The molecule has 0 rings (SSSR count). The predicted molar refractivity (Wildman–Crippen MR) is 233 cm³/mol. The van der Waals surface area contributed by atoms with E-state index in [1.54, 1.807) is 6.08 Å². The molecule has 8 nitrogen and oxygen atoms in total. The second-order valence-corrected chi connectivity index (χ2v) is 18.5. The number of unbranched alkanes of at least 4 members (excludes halogenated alkanes) is 27. The van der Waals surface area contributed by atoms with Crippen LogP contribution in [0.2, 0.25) is 0 Å². The van der Waals surface area contributed by atoms with Crippen LogP contribution in [0.3, 0.4) is 0 Å². The number of aliphatic hydroxyl groups is 1. The van der Waals surface area contributed by atoms with Crippen LogP contribution in [0.5, 0.6) is 0 Å². The summed E-state index contributed by atoms with van der Waals surface area (Å²) in [5, 5.41) is 13.8. The summed E-state index contributed by atoms with van der Waals surface area (Å²) < 4.78 is 23.2. The Bertz CT molecular complexity index is 953. The van der Waals surface area contributed by atoms with E-state index in [2.05, 4.69) is 31.3 Å². The van der Waals surface area contributed by atoms with Crippen LogP contribution in [0.4, 0.5) is 0 Å². The van der Waals surface area contributed by atoms with Crippen molar-refractivity contribution in [2.24, 2.45) is 0 Å². The molecule has 0 aliphatic heterocycles. The van der Waals surface area contributed by atoms with Crippen LogP contribution in [0.1, 0.15) is 213 Å². The average Bonchev–Trinajstić information content (AvgIpc) is 3.13. The monoisotopic (exact) mass is 799 g/mol. The van der Waals surface area contributed by atoms with Crippen molar-refractivity contribution in [3.63, 3.8) is 0 Å². The van der Waals surface area contributed by atoms with Gasteiger partial charge in [-0.3, -0.25) is 9.36 Å². The molecule has 0 aliphatic carbocycles. The lowest BCUT2D eigenvalue weighted by atomic mass is 10.0. The molecule has 3 atom stereocenters. The first-order chi connectivity index (χ1) is 26.5. The molecule has 0 aliphatic rings. The highest BCUT2D eigenvalue weighted by Gasteiger charge is 2.23. The van der Waals surface area contributed by atoms with E-state index in [0.29, 0.717) is 17.4 Å². The molecule has 0 bridgehead atoms. The SMILES string of the molecule is CCCCCCCCCCC/C=C/CC/C=C/[C@@H](O)[C@H](COP(=O)([O-])OCC[N+](C)(C)C)NC(=O)CCCCCCCCCCCCCCCCCCCC. The molecule has 0 spiro atoms. The molecule has 0 saturated heterocycles. The summed E-state index contributed by atoms with van der Waals surface area (Å²) in [6, 6.07) is -0.897. The maximum Gasteiger partial charge on any atom is 0.268 e. The van der Waals surface area contributed by atoms with E-state index in [1.807, 2.05) is 27.2 Å². The number of phosphoric acid groups is 1. The summed E-state index contributed by atoms with van der Waals surface area (Å²) in [6.07, 6.45) is 45.1. The molecule has 0 aromatic heterocycles. The second-order valence-electron chi connectivity index (χ2n) is 17.1. The summed E-state index contributed by atoms with van der Waals surface area (Å²) in [4.78, 5) is 25.3. The van der Waals surface area contributed by atoms with Crippen molar-refractivity contribution in [3.8, 4) is 0 Å². The Hall–Kier alpha value is -1.02. The van der Waals surface area contributed by atoms with Gasteiger partial charge in [-0.05, 0) is 32.1 Å². The zero-order valence-corrected chi connectivity index (χ0v) is 37.8. The minimum absolute atomic E-state index is 0.00421. The van der Waals surface area contributed by atoms with Gasteiger partial charge in [0, 0.05) is 6.42 Å². The topological polar surface area (TPSA) is 108 Å².